The predicted molar refractivity (Wildman–Crippen MR) is 109 cm³/mol. The Morgan fingerprint density at radius 2 is 2.20 bits per heavy atom. The molecule has 0 spiro atoms. The summed E-state index contributed by atoms with van der Waals surface area (Å²) in [5.74, 6) is 0.124. The molecule has 2 aromatic heterocycles. The number of carbonyl (C=O) groups excluding carboxylic acids is 1. The minimum atomic E-state index is -1.44. The molecule has 1 aliphatic heterocycles. The van der Waals surface area contributed by atoms with E-state index in [9.17, 15) is 24.5 Å². The van der Waals surface area contributed by atoms with E-state index in [2.05, 4.69) is 10.4 Å². The number of hydrogen-bond donors (Lipinski definition) is 4. The number of nitrogens with one attached hydrogen (secondary N) is 1. The highest BCUT2D eigenvalue weighted by Crippen LogP contribution is 2.34. The van der Waals surface area contributed by atoms with Crippen molar-refractivity contribution >= 4 is 38.2 Å². The van der Waals surface area contributed by atoms with Gasteiger partial charge in [0.1, 0.15) is 18.3 Å². The number of ether oxygens (including phenoxy) is 1. The fraction of sp³-hybridized carbons (Fsp3) is 0.400. The number of amides is 1. The lowest BCUT2D eigenvalue weighted by Gasteiger charge is -2.40. The van der Waals surface area contributed by atoms with E-state index < -0.39 is 37.0 Å². The van der Waals surface area contributed by atoms with Crippen LogP contribution in [0.25, 0.3) is 21.0 Å². The van der Waals surface area contributed by atoms with Crippen molar-refractivity contribution in [3.8, 4) is 0 Å². The zero-order valence-electron chi connectivity index (χ0n) is 16.3. The summed E-state index contributed by atoms with van der Waals surface area (Å²) in [4.78, 5) is 11.9. The molecule has 1 aliphatic rings. The maximum Gasteiger partial charge on any atom is 0.217 e. The Labute approximate surface area is 175 Å². The maximum absolute atomic E-state index is 13.8. The minimum absolute atomic E-state index is 0.288. The van der Waals surface area contributed by atoms with Gasteiger partial charge in [-0.15, -0.1) is 11.3 Å². The van der Waals surface area contributed by atoms with Crippen LogP contribution >= 0.6 is 11.3 Å². The number of allylic oxidation sites excluding steroid dienone is 1. The van der Waals surface area contributed by atoms with Crippen LogP contribution in [-0.2, 0) is 9.53 Å². The van der Waals surface area contributed by atoms with Crippen molar-refractivity contribution in [2.75, 3.05) is 6.61 Å². The molecule has 5 atom stereocenters. The Kier molecular flexibility index (Phi) is 5.49. The molecule has 0 saturated carbocycles. The van der Waals surface area contributed by atoms with Crippen molar-refractivity contribution in [3.63, 3.8) is 0 Å². The molecule has 3 aromatic rings. The average Bonchev–Trinajstić information content (AvgIpc) is 3.29. The number of carbonyl (C=O) groups is 1. The Hall–Kier alpha value is -2.53. The van der Waals surface area contributed by atoms with E-state index in [4.69, 9.17) is 4.74 Å². The Bertz CT molecular complexity index is 1130. The van der Waals surface area contributed by atoms with Crippen molar-refractivity contribution in [2.24, 2.45) is 0 Å². The summed E-state index contributed by atoms with van der Waals surface area (Å²) < 4.78 is 21.9. The lowest BCUT2D eigenvalue weighted by atomic mass is 9.92. The summed E-state index contributed by atoms with van der Waals surface area (Å²) in [5.41, 5.74) is 0.663. The highest BCUT2D eigenvalue weighted by molar-refractivity contribution is 7.18. The smallest absolute Gasteiger partial charge is 0.217 e. The van der Waals surface area contributed by atoms with Gasteiger partial charge in [-0.25, -0.2) is 0 Å². The molecule has 1 aromatic carbocycles. The van der Waals surface area contributed by atoms with Crippen LogP contribution in [0.15, 0.2) is 36.2 Å². The molecule has 30 heavy (non-hydrogen) atoms. The van der Waals surface area contributed by atoms with E-state index in [0.717, 1.165) is 26.8 Å². The fourth-order valence-corrected chi connectivity index (χ4v) is 4.74. The van der Waals surface area contributed by atoms with Gasteiger partial charge in [0.05, 0.1) is 30.0 Å². The van der Waals surface area contributed by atoms with Crippen LogP contribution in [0.4, 0.5) is 4.39 Å². The van der Waals surface area contributed by atoms with E-state index >= 15 is 0 Å². The molecule has 4 N–H and O–H groups in total. The van der Waals surface area contributed by atoms with Gasteiger partial charge < -0.3 is 25.4 Å². The summed E-state index contributed by atoms with van der Waals surface area (Å²) in [6, 6.07) is 3.76. The number of rotatable bonds is 5. The van der Waals surface area contributed by atoms with Gasteiger partial charge in [0.15, 0.2) is 5.13 Å². The molecule has 0 aliphatic carbocycles. The SMILES string of the molecule is CC(=O)N[C@H]1[C@H]([C@H](O)[C@H](O)CO)OC(C)=C[C@@H]1n1cc2c(ccc3cc(F)sc32)n1. The Balaban J connectivity index is 1.80. The molecule has 1 amide bonds. The predicted octanol–water partition coefficient (Wildman–Crippen LogP) is 1.45. The number of aliphatic hydroxyl groups is 3. The van der Waals surface area contributed by atoms with Gasteiger partial charge in [-0.2, -0.15) is 9.49 Å². The number of aromatic nitrogens is 2. The first-order valence-corrected chi connectivity index (χ1v) is 10.3. The van der Waals surface area contributed by atoms with Crippen molar-refractivity contribution in [1.82, 2.24) is 15.1 Å². The zero-order chi connectivity index (χ0) is 21.6. The Morgan fingerprint density at radius 3 is 2.90 bits per heavy atom. The highest BCUT2D eigenvalue weighted by atomic mass is 32.1. The number of hydrogen-bond acceptors (Lipinski definition) is 7. The first-order chi connectivity index (χ1) is 14.3. The highest BCUT2D eigenvalue weighted by Gasteiger charge is 2.42. The van der Waals surface area contributed by atoms with Crippen molar-refractivity contribution in [2.45, 2.75) is 44.2 Å². The molecule has 0 saturated heterocycles. The van der Waals surface area contributed by atoms with Gasteiger partial charge in [0.2, 0.25) is 5.91 Å². The molecule has 3 heterocycles. The zero-order valence-corrected chi connectivity index (χ0v) is 17.1. The van der Waals surface area contributed by atoms with Crippen molar-refractivity contribution in [1.29, 1.82) is 0 Å². The van der Waals surface area contributed by atoms with Crippen molar-refractivity contribution < 1.29 is 29.2 Å². The third kappa shape index (κ3) is 3.67. The molecular formula is C20H22FN3O5S. The summed E-state index contributed by atoms with van der Waals surface area (Å²) >= 11 is 1.04. The number of thiophene rings is 1. The summed E-state index contributed by atoms with van der Waals surface area (Å²) in [5, 5.41) is 38.3. The van der Waals surface area contributed by atoms with E-state index in [1.807, 2.05) is 0 Å². The second-order valence-electron chi connectivity index (χ2n) is 7.39. The minimum Gasteiger partial charge on any atom is -0.490 e. The van der Waals surface area contributed by atoms with Gasteiger partial charge in [-0.05, 0) is 30.5 Å². The van der Waals surface area contributed by atoms with Crippen LogP contribution in [0.5, 0.6) is 0 Å². The monoisotopic (exact) mass is 435 g/mol. The normalized spacial score (nSPS) is 23.8. The molecule has 0 radical (unpaired) electrons. The molecule has 0 bridgehead atoms. The molecule has 0 fully saturated rings. The number of benzene rings is 1. The molecule has 8 nitrogen and oxygen atoms in total. The van der Waals surface area contributed by atoms with Crippen molar-refractivity contribution in [3.05, 3.63) is 41.4 Å². The summed E-state index contributed by atoms with van der Waals surface area (Å²) in [6.45, 7) is 2.37. The topological polar surface area (TPSA) is 117 Å². The van der Waals surface area contributed by atoms with Crippen LogP contribution in [0.2, 0.25) is 0 Å². The molecule has 0 unspecified atom stereocenters. The van der Waals surface area contributed by atoms with E-state index in [1.165, 1.54) is 13.0 Å². The van der Waals surface area contributed by atoms with Gasteiger partial charge in [-0.1, -0.05) is 6.07 Å². The van der Waals surface area contributed by atoms with Crippen LogP contribution in [0, 0.1) is 5.13 Å². The van der Waals surface area contributed by atoms with Gasteiger partial charge >= 0.3 is 0 Å². The molecule has 10 heteroatoms. The van der Waals surface area contributed by atoms with Gasteiger partial charge in [0, 0.05) is 23.2 Å². The quantitative estimate of drug-likeness (QED) is 0.482. The number of nitrogens with zero attached hydrogens (tertiary/aromatic N) is 2. The fourth-order valence-electron chi connectivity index (χ4n) is 3.85. The summed E-state index contributed by atoms with van der Waals surface area (Å²) in [6.07, 6.45) is -0.372. The number of aliphatic hydroxyl groups excluding tert-OH is 3. The molecule has 160 valence electrons. The van der Waals surface area contributed by atoms with E-state index in [-0.39, 0.29) is 11.0 Å². The second-order valence-corrected chi connectivity index (χ2v) is 8.40. The lowest BCUT2D eigenvalue weighted by Crippen LogP contribution is -2.57. The lowest BCUT2D eigenvalue weighted by molar-refractivity contribution is -0.127. The first kappa shape index (κ1) is 20.7. The maximum atomic E-state index is 13.8. The molecule has 4 rings (SSSR count). The van der Waals surface area contributed by atoms with Crippen LogP contribution in [-0.4, -0.2) is 62.0 Å². The standard InChI is InChI=1S/C20H22FN3O5S/c1-9-5-14(17(22-10(2)26)19(29-9)18(28)15(27)8-25)24-7-12-13(23-24)4-3-11-6-16(21)30-20(11)12/h3-7,14-15,17-19,25,27-28H,8H2,1-2H3,(H,22,26)/t14-,15+,17+,18+,19+/m0/s1. The van der Waals surface area contributed by atoms with Crippen LogP contribution in [0.3, 0.4) is 0 Å². The van der Waals surface area contributed by atoms with E-state index in [0.29, 0.717) is 11.3 Å². The Morgan fingerprint density at radius 1 is 1.43 bits per heavy atom. The second kappa shape index (κ2) is 7.95. The first-order valence-electron chi connectivity index (χ1n) is 9.44. The number of halogens is 1. The average molecular weight is 435 g/mol. The van der Waals surface area contributed by atoms with Crippen LogP contribution < -0.4 is 5.32 Å². The van der Waals surface area contributed by atoms with Gasteiger partial charge in [0.25, 0.3) is 0 Å². The van der Waals surface area contributed by atoms with Gasteiger partial charge in [-0.3, -0.25) is 9.48 Å². The third-order valence-corrected chi connectivity index (χ3v) is 6.17. The number of fused-ring (bicyclic) bond motifs is 3. The summed E-state index contributed by atoms with van der Waals surface area (Å²) in [7, 11) is 0. The van der Waals surface area contributed by atoms with E-state index in [1.54, 1.807) is 36.0 Å². The third-order valence-electron chi connectivity index (χ3n) is 5.20. The molecular weight excluding hydrogens is 413 g/mol. The van der Waals surface area contributed by atoms with Crippen LogP contribution in [0.1, 0.15) is 19.9 Å². The largest absolute Gasteiger partial charge is 0.490 e.